The maximum atomic E-state index is 11.8. The highest BCUT2D eigenvalue weighted by atomic mass is 32.2. The van der Waals surface area contributed by atoms with E-state index < -0.39 is 21.3 Å². The molecule has 0 saturated carbocycles. The van der Waals surface area contributed by atoms with E-state index in [1.807, 2.05) is 6.92 Å². The molecule has 1 heterocycles. The highest BCUT2D eigenvalue weighted by Gasteiger charge is 2.45. The van der Waals surface area contributed by atoms with Gasteiger partial charge in [-0.15, -0.1) is 0 Å². The third-order valence-electron chi connectivity index (χ3n) is 2.71. The van der Waals surface area contributed by atoms with Gasteiger partial charge in [-0.25, -0.2) is 8.42 Å². The van der Waals surface area contributed by atoms with Gasteiger partial charge in [0.25, 0.3) is 0 Å². The lowest BCUT2D eigenvalue weighted by Crippen LogP contribution is -2.59. The van der Waals surface area contributed by atoms with E-state index in [-0.39, 0.29) is 18.1 Å². The van der Waals surface area contributed by atoms with Crippen molar-refractivity contribution in [3.8, 4) is 0 Å². The number of rotatable bonds is 4. The third-order valence-corrected chi connectivity index (χ3v) is 4.55. The number of hydrogen-bond donors (Lipinski definition) is 1. The molecule has 1 aliphatic heterocycles. The molecular weight excluding hydrogens is 230 g/mol. The Morgan fingerprint density at radius 3 is 2.62 bits per heavy atom. The average molecular weight is 249 g/mol. The fourth-order valence-electron chi connectivity index (χ4n) is 2.09. The van der Waals surface area contributed by atoms with Gasteiger partial charge in [0.2, 0.25) is 0 Å². The Morgan fingerprint density at radius 2 is 2.12 bits per heavy atom. The van der Waals surface area contributed by atoms with Crippen molar-refractivity contribution < 1.29 is 17.9 Å². The van der Waals surface area contributed by atoms with Crippen LogP contribution in [0.2, 0.25) is 0 Å². The zero-order valence-corrected chi connectivity index (χ0v) is 10.6. The zero-order valence-electron chi connectivity index (χ0n) is 9.78. The second-order valence-corrected chi connectivity index (χ2v) is 6.21. The number of sulfone groups is 1. The van der Waals surface area contributed by atoms with Crippen molar-refractivity contribution in [3.63, 3.8) is 0 Å². The maximum absolute atomic E-state index is 11.8. The summed E-state index contributed by atoms with van der Waals surface area (Å²) < 4.78 is 28.2. The first-order chi connectivity index (χ1) is 7.46. The molecule has 1 rings (SSSR count). The van der Waals surface area contributed by atoms with Crippen LogP contribution < -0.4 is 5.32 Å². The molecule has 5 nitrogen and oxygen atoms in total. The van der Waals surface area contributed by atoms with Gasteiger partial charge in [-0.1, -0.05) is 6.92 Å². The molecule has 1 unspecified atom stereocenters. The largest absolute Gasteiger partial charge is 0.465 e. The van der Waals surface area contributed by atoms with E-state index in [2.05, 4.69) is 5.32 Å². The molecule has 1 N–H and O–H groups in total. The van der Waals surface area contributed by atoms with E-state index in [1.54, 1.807) is 6.92 Å². The summed E-state index contributed by atoms with van der Waals surface area (Å²) in [5, 5.41) is 2.98. The minimum absolute atomic E-state index is 0.146. The molecule has 6 heteroatoms. The second-order valence-electron chi connectivity index (χ2n) is 4.03. The van der Waals surface area contributed by atoms with Crippen LogP contribution in [0, 0.1) is 0 Å². The summed E-state index contributed by atoms with van der Waals surface area (Å²) >= 11 is 0. The lowest BCUT2D eigenvalue weighted by atomic mass is 9.95. The van der Waals surface area contributed by atoms with Crippen LogP contribution in [0.15, 0.2) is 0 Å². The van der Waals surface area contributed by atoms with Crippen LogP contribution in [-0.4, -0.2) is 44.6 Å². The molecule has 0 spiro atoms. The van der Waals surface area contributed by atoms with Gasteiger partial charge in [-0.2, -0.15) is 0 Å². The SMILES string of the molecule is CCNC1(C(=O)OCC)CCCS(=O)(=O)C1. The molecule has 1 aliphatic rings. The van der Waals surface area contributed by atoms with E-state index in [0.717, 1.165) is 0 Å². The molecule has 16 heavy (non-hydrogen) atoms. The van der Waals surface area contributed by atoms with Crippen molar-refractivity contribution in [1.29, 1.82) is 0 Å². The van der Waals surface area contributed by atoms with Crippen molar-refractivity contribution in [3.05, 3.63) is 0 Å². The predicted octanol–water partition coefficient (Wildman–Crippen LogP) is 0.106. The lowest BCUT2D eigenvalue weighted by molar-refractivity contribution is -0.150. The molecule has 0 aliphatic carbocycles. The second kappa shape index (κ2) is 5.14. The topological polar surface area (TPSA) is 72.5 Å². The van der Waals surface area contributed by atoms with Crippen LogP contribution >= 0.6 is 0 Å². The average Bonchev–Trinajstić information content (AvgIpc) is 2.17. The Morgan fingerprint density at radius 1 is 1.44 bits per heavy atom. The van der Waals surface area contributed by atoms with Crippen molar-refractivity contribution in [2.45, 2.75) is 32.2 Å². The fourth-order valence-corrected chi connectivity index (χ4v) is 3.94. The maximum Gasteiger partial charge on any atom is 0.327 e. The highest BCUT2D eigenvalue weighted by molar-refractivity contribution is 7.91. The number of ether oxygens (including phenoxy) is 1. The van der Waals surface area contributed by atoms with Gasteiger partial charge in [-0.05, 0) is 26.3 Å². The summed E-state index contributed by atoms with van der Waals surface area (Å²) in [6, 6.07) is 0. The molecule has 94 valence electrons. The van der Waals surface area contributed by atoms with Gasteiger partial charge in [0.1, 0.15) is 5.54 Å². The van der Waals surface area contributed by atoms with Crippen LogP contribution in [0.5, 0.6) is 0 Å². The standard InChI is InChI=1S/C10H19NO4S/c1-3-11-10(9(12)15-4-2)6-5-7-16(13,14)8-10/h11H,3-8H2,1-2H3. The quantitative estimate of drug-likeness (QED) is 0.716. The van der Waals surface area contributed by atoms with E-state index in [0.29, 0.717) is 19.4 Å². The monoisotopic (exact) mass is 249 g/mol. The summed E-state index contributed by atoms with van der Waals surface area (Å²) in [5.41, 5.74) is -1.03. The first kappa shape index (κ1) is 13.4. The lowest BCUT2D eigenvalue weighted by Gasteiger charge is -2.34. The Labute approximate surface area is 96.5 Å². The number of carbonyl (C=O) groups is 1. The Hall–Kier alpha value is -0.620. The zero-order chi connectivity index (χ0) is 12.2. The molecule has 0 aromatic rings. The number of nitrogens with one attached hydrogen (secondary N) is 1. The summed E-state index contributed by atoms with van der Waals surface area (Å²) in [4.78, 5) is 11.8. The van der Waals surface area contributed by atoms with Crippen molar-refractivity contribution >= 4 is 15.8 Å². The van der Waals surface area contributed by atoms with Gasteiger partial charge in [0.15, 0.2) is 9.84 Å². The van der Waals surface area contributed by atoms with Crippen molar-refractivity contribution in [2.24, 2.45) is 0 Å². The molecule has 0 bridgehead atoms. The Kier molecular flexibility index (Phi) is 4.32. The molecule has 1 fully saturated rings. The van der Waals surface area contributed by atoms with Crippen LogP contribution in [0.25, 0.3) is 0 Å². The molecule has 0 amide bonds. The van der Waals surface area contributed by atoms with Crippen LogP contribution in [0.4, 0.5) is 0 Å². The van der Waals surface area contributed by atoms with Gasteiger partial charge in [0.05, 0.1) is 18.1 Å². The van der Waals surface area contributed by atoms with Gasteiger partial charge in [-0.3, -0.25) is 4.79 Å². The predicted molar refractivity (Wildman–Crippen MR) is 60.9 cm³/mol. The Bertz CT molecular complexity index is 348. The van der Waals surface area contributed by atoms with E-state index >= 15 is 0 Å². The van der Waals surface area contributed by atoms with E-state index in [1.165, 1.54) is 0 Å². The van der Waals surface area contributed by atoms with E-state index in [4.69, 9.17) is 4.74 Å². The van der Waals surface area contributed by atoms with Crippen molar-refractivity contribution in [1.82, 2.24) is 5.32 Å². The van der Waals surface area contributed by atoms with Gasteiger partial charge < -0.3 is 10.1 Å². The molecular formula is C10H19NO4S. The summed E-state index contributed by atoms with van der Waals surface area (Å²) in [6.07, 6.45) is 1.03. The summed E-state index contributed by atoms with van der Waals surface area (Å²) in [6.45, 7) is 4.39. The summed E-state index contributed by atoms with van der Waals surface area (Å²) in [7, 11) is -3.14. The molecule has 0 aromatic heterocycles. The van der Waals surface area contributed by atoms with Crippen molar-refractivity contribution in [2.75, 3.05) is 24.7 Å². The van der Waals surface area contributed by atoms with Crippen LogP contribution in [0.3, 0.4) is 0 Å². The van der Waals surface area contributed by atoms with Gasteiger partial charge in [0, 0.05) is 0 Å². The summed E-state index contributed by atoms with van der Waals surface area (Å²) in [5.74, 6) is -0.424. The minimum atomic E-state index is -3.14. The molecule has 0 aromatic carbocycles. The number of esters is 1. The molecule has 1 atom stereocenters. The van der Waals surface area contributed by atoms with Crippen LogP contribution in [-0.2, 0) is 19.4 Å². The first-order valence-electron chi connectivity index (χ1n) is 5.58. The highest BCUT2D eigenvalue weighted by Crippen LogP contribution is 2.24. The Balaban J connectivity index is 2.91. The minimum Gasteiger partial charge on any atom is -0.465 e. The normalized spacial score (nSPS) is 28.6. The first-order valence-corrected chi connectivity index (χ1v) is 7.40. The smallest absolute Gasteiger partial charge is 0.327 e. The fraction of sp³-hybridized carbons (Fsp3) is 0.900. The molecule has 0 radical (unpaired) electrons. The van der Waals surface area contributed by atoms with Crippen LogP contribution in [0.1, 0.15) is 26.7 Å². The third kappa shape index (κ3) is 2.95. The van der Waals surface area contributed by atoms with Gasteiger partial charge >= 0.3 is 5.97 Å². The molecule has 1 saturated heterocycles. The number of hydrogen-bond acceptors (Lipinski definition) is 5. The van der Waals surface area contributed by atoms with E-state index in [9.17, 15) is 13.2 Å². The number of likely N-dealkylation sites (N-methyl/N-ethyl adjacent to an activating group) is 1. The number of carbonyl (C=O) groups excluding carboxylic acids is 1.